The highest BCUT2D eigenvalue weighted by atomic mass is 16.5. The first-order chi connectivity index (χ1) is 8.83. The van der Waals surface area contributed by atoms with Gasteiger partial charge in [0.1, 0.15) is 6.61 Å². The van der Waals surface area contributed by atoms with Gasteiger partial charge in [0.05, 0.1) is 13.7 Å². The van der Waals surface area contributed by atoms with Crippen molar-refractivity contribution in [3.63, 3.8) is 0 Å². The van der Waals surface area contributed by atoms with E-state index in [2.05, 4.69) is 10.6 Å². The van der Waals surface area contributed by atoms with Crippen LogP contribution in [0.4, 0.5) is 5.69 Å². The number of anilines is 1. The van der Waals surface area contributed by atoms with Crippen molar-refractivity contribution >= 4 is 5.69 Å². The molecule has 0 spiro atoms. The molecule has 1 heterocycles. The molecule has 1 unspecified atom stereocenters. The molecule has 0 saturated carbocycles. The van der Waals surface area contributed by atoms with E-state index in [1.807, 2.05) is 18.2 Å². The normalized spacial score (nSPS) is 18.7. The third-order valence-corrected chi connectivity index (χ3v) is 2.94. The molecule has 1 atom stereocenters. The molecule has 0 aromatic heterocycles. The Hall–Kier alpha value is -1.46. The minimum absolute atomic E-state index is 0.00659. The first-order valence-corrected chi connectivity index (χ1v) is 6.22. The molecule has 5 nitrogen and oxygen atoms in total. The molecular formula is C13H20N2O3. The quantitative estimate of drug-likeness (QED) is 0.700. The van der Waals surface area contributed by atoms with E-state index in [1.165, 1.54) is 0 Å². The second kappa shape index (κ2) is 6.47. The summed E-state index contributed by atoms with van der Waals surface area (Å²) in [7, 11) is 1.61. The minimum Gasteiger partial charge on any atom is -0.493 e. The Kier molecular flexibility index (Phi) is 4.66. The second-order valence-corrected chi connectivity index (χ2v) is 4.27. The van der Waals surface area contributed by atoms with Crippen molar-refractivity contribution in [1.82, 2.24) is 5.32 Å². The molecule has 1 fully saturated rings. The van der Waals surface area contributed by atoms with Crippen molar-refractivity contribution in [2.75, 3.05) is 38.7 Å². The fourth-order valence-corrected chi connectivity index (χ4v) is 2.05. The van der Waals surface area contributed by atoms with E-state index in [0.717, 1.165) is 25.2 Å². The maximum atomic E-state index is 8.80. The van der Waals surface area contributed by atoms with Crippen LogP contribution in [0.25, 0.3) is 0 Å². The van der Waals surface area contributed by atoms with Gasteiger partial charge >= 0.3 is 0 Å². The molecule has 100 valence electrons. The van der Waals surface area contributed by atoms with Crippen LogP contribution in [-0.4, -0.2) is 44.6 Å². The van der Waals surface area contributed by atoms with Gasteiger partial charge in [-0.15, -0.1) is 0 Å². The molecule has 1 saturated heterocycles. The van der Waals surface area contributed by atoms with Crippen molar-refractivity contribution in [3.05, 3.63) is 18.2 Å². The average Bonchev–Trinajstić information content (AvgIpc) is 2.89. The van der Waals surface area contributed by atoms with Gasteiger partial charge in [-0.25, -0.2) is 0 Å². The van der Waals surface area contributed by atoms with Crippen molar-refractivity contribution in [3.8, 4) is 11.5 Å². The Morgan fingerprint density at radius 3 is 3.00 bits per heavy atom. The summed E-state index contributed by atoms with van der Waals surface area (Å²) in [4.78, 5) is 0. The molecule has 0 amide bonds. The van der Waals surface area contributed by atoms with E-state index < -0.39 is 0 Å². The van der Waals surface area contributed by atoms with E-state index in [-0.39, 0.29) is 13.2 Å². The van der Waals surface area contributed by atoms with Crippen LogP contribution in [-0.2, 0) is 0 Å². The fraction of sp³-hybridized carbons (Fsp3) is 0.538. The summed E-state index contributed by atoms with van der Waals surface area (Å²) >= 11 is 0. The van der Waals surface area contributed by atoms with Crippen LogP contribution in [0.5, 0.6) is 11.5 Å². The molecule has 1 aromatic carbocycles. The summed E-state index contributed by atoms with van der Waals surface area (Å²) < 4.78 is 10.7. The highest BCUT2D eigenvalue weighted by Crippen LogP contribution is 2.30. The standard InChI is InChI=1S/C13H20N2O3/c1-17-12-3-2-10(8-13(12)18-7-6-16)15-11-4-5-14-9-11/h2-3,8,11,14-16H,4-7,9H2,1H3. The molecule has 2 rings (SSSR count). The van der Waals surface area contributed by atoms with Crippen molar-refractivity contribution in [2.24, 2.45) is 0 Å². The van der Waals surface area contributed by atoms with Crippen LogP contribution >= 0.6 is 0 Å². The Morgan fingerprint density at radius 1 is 1.44 bits per heavy atom. The second-order valence-electron chi connectivity index (χ2n) is 4.27. The number of aliphatic hydroxyl groups is 1. The highest BCUT2D eigenvalue weighted by molar-refractivity contribution is 5.55. The maximum absolute atomic E-state index is 8.80. The monoisotopic (exact) mass is 252 g/mol. The average molecular weight is 252 g/mol. The number of nitrogens with one attached hydrogen (secondary N) is 2. The van der Waals surface area contributed by atoms with E-state index in [0.29, 0.717) is 17.5 Å². The number of hydrogen-bond donors (Lipinski definition) is 3. The SMILES string of the molecule is COc1ccc(NC2CCNC2)cc1OCCO. The molecule has 1 aliphatic heterocycles. The molecular weight excluding hydrogens is 232 g/mol. The highest BCUT2D eigenvalue weighted by Gasteiger charge is 2.14. The largest absolute Gasteiger partial charge is 0.493 e. The molecule has 5 heteroatoms. The van der Waals surface area contributed by atoms with Gasteiger partial charge in [0.25, 0.3) is 0 Å². The van der Waals surface area contributed by atoms with Crippen LogP contribution in [0, 0.1) is 0 Å². The third kappa shape index (κ3) is 3.27. The lowest BCUT2D eigenvalue weighted by molar-refractivity contribution is 0.196. The zero-order valence-corrected chi connectivity index (χ0v) is 10.6. The van der Waals surface area contributed by atoms with Crippen LogP contribution in [0.3, 0.4) is 0 Å². The van der Waals surface area contributed by atoms with Crippen LogP contribution in [0.1, 0.15) is 6.42 Å². The molecule has 3 N–H and O–H groups in total. The van der Waals surface area contributed by atoms with Gasteiger partial charge in [-0.3, -0.25) is 0 Å². The topological polar surface area (TPSA) is 62.8 Å². The summed E-state index contributed by atoms with van der Waals surface area (Å²) in [6, 6.07) is 6.22. The summed E-state index contributed by atoms with van der Waals surface area (Å²) in [5.74, 6) is 1.33. The van der Waals surface area contributed by atoms with Gasteiger partial charge in [0, 0.05) is 24.3 Å². The number of hydrogen-bond acceptors (Lipinski definition) is 5. The van der Waals surface area contributed by atoms with Crippen molar-refractivity contribution in [1.29, 1.82) is 0 Å². The molecule has 18 heavy (non-hydrogen) atoms. The summed E-state index contributed by atoms with van der Waals surface area (Å²) in [5.41, 5.74) is 1.01. The first kappa shape index (κ1) is 13.0. The van der Waals surface area contributed by atoms with Crippen LogP contribution in [0.15, 0.2) is 18.2 Å². The Balaban J connectivity index is 2.05. The predicted molar refractivity (Wildman–Crippen MR) is 70.5 cm³/mol. The number of rotatable bonds is 6. The third-order valence-electron chi connectivity index (χ3n) is 2.94. The van der Waals surface area contributed by atoms with Crippen molar-refractivity contribution in [2.45, 2.75) is 12.5 Å². The summed E-state index contributed by atoms with van der Waals surface area (Å²) in [5, 5.41) is 15.6. The number of aliphatic hydroxyl groups excluding tert-OH is 1. The molecule has 1 aromatic rings. The lowest BCUT2D eigenvalue weighted by atomic mass is 10.2. The van der Waals surface area contributed by atoms with Gasteiger partial charge in [-0.2, -0.15) is 0 Å². The number of ether oxygens (including phenoxy) is 2. The zero-order chi connectivity index (χ0) is 12.8. The molecule has 0 aliphatic carbocycles. The van der Waals surface area contributed by atoms with Gasteiger partial charge in [0.15, 0.2) is 11.5 Å². The maximum Gasteiger partial charge on any atom is 0.163 e. The summed E-state index contributed by atoms with van der Waals surface area (Å²) in [6.07, 6.45) is 1.12. The molecule has 1 aliphatic rings. The Labute approximate surface area is 107 Å². The molecule has 0 radical (unpaired) electrons. The Bertz CT molecular complexity index is 378. The van der Waals surface area contributed by atoms with E-state index >= 15 is 0 Å². The van der Waals surface area contributed by atoms with Crippen LogP contribution in [0.2, 0.25) is 0 Å². The van der Waals surface area contributed by atoms with Gasteiger partial charge in [0.2, 0.25) is 0 Å². The van der Waals surface area contributed by atoms with Crippen molar-refractivity contribution < 1.29 is 14.6 Å². The van der Waals surface area contributed by atoms with E-state index in [9.17, 15) is 0 Å². The number of methoxy groups -OCH3 is 1. The molecule has 0 bridgehead atoms. The predicted octanol–water partition coefficient (Wildman–Crippen LogP) is 0.840. The van der Waals surface area contributed by atoms with Gasteiger partial charge in [-0.1, -0.05) is 0 Å². The minimum atomic E-state index is -0.00659. The lowest BCUT2D eigenvalue weighted by Gasteiger charge is -2.16. The lowest BCUT2D eigenvalue weighted by Crippen LogP contribution is -2.22. The zero-order valence-electron chi connectivity index (χ0n) is 10.6. The van der Waals surface area contributed by atoms with Gasteiger partial charge in [-0.05, 0) is 25.1 Å². The van der Waals surface area contributed by atoms with Crippen LogP contribution < -0.4 is 20.1 Å². The summed E-state index contributed by atoms with van der Waals surface area (Å²) in [6.45, 7) is 2.30. The smallest absolute Gasteiger partial charge is 0.163 e. The van der Waals surface area contributed by atoms with Gasteiger partial charge < -0.3 is 25.2 Å². The van der Waals surface area contributed by atoms with E-state index in [1.54, 1.807) is 7.11 Å². The first-order valence-electron chi connectivity index (χ1n) is 6.22. The van der Waals surface area contributed by atoms with E-state index in [4.69, 9.17) is 14.6 Å². The fourth-order valence-electron chi connectivity index (χ4n) is 2.05. The Morgan fingerprint density at radius 2 is 2.33 bits per heavy atom. The number of benzene rings is 1.